The summed E-state index contributed by atoms with van der Waals surface area (Å²) in [6.07, 6.45) is 0. The van der Waals surface area contributed by atoms with Crippen molar-refractivity contribution in [2.45, 2.75) is 13.5 Å². The number of hydrogen-bond donors (Lipinski definition) is 1. The molecule has 0 spiro atoms. The van der Waals surface area contributed by atoms with E-state index < -0.39 is 0 Å². The lowest BCUT2D eigenvalue weighted by atomic mass is 10.2. The first kappa shape index (κ1) is 13.6. The lowest BCUT2D eigenvalue weighted by Gasteiger charge is -2.09. The molecule has 90 valence electrons. The van der Waals surface area contributed by atoms with E-state index in [1.54, 1.807) is 0 Å². The van der Waals surface area contributed by atoms with Crippen molar-refractivity contribution in [2.75, 3.05) is 0 Å². The molecule has 0 fully saturated rings. The molecule has 0 aliphatic rings. The molecule has 2 aromatic rings. The van der Waals surface area contributed by atoms with E-state index in [0.29, 0.717) is 6.54 Å². The Hall–Kier alpha value is -1.51. The van der Waals surface area contributed by atoms with Gasteiger partial charge in [-0.15, -0.1) is 12.4 Å². The zero-order valence-electron chi connectivity index (χ0n) is 9.72. The smallest absolute Gasteiger partial charge is 0.130 e. The highest BCUT2D eigenvalue weighted by molar-refractivity contribution is 5.85. The van der Waals surface area contributed by atoms with Crippen LogP contribution in [0.2, 0.25) is 0 Å². The van der Waals surface area contributed by atoms with Crippen LogP contribution in [0.3, 0.4) is 0 Å². The minimum absolute atomic E-state index is 0. The van der Waals surface area contributed by atoms with Crippen LogP contribution in [0.15, 0.2) is 48.5 Å². The summed E-state index contributed by atoms with van der Waals surface area (Å²) in [7, 11) is 0. The lowest BCUT2D eigenvalue weighted by Crippen LogP contribution is -1.96. The lowest BCUT2D eigenvalue weighted by molar-refractivity contribution is 0.478. The zero-order valence-corrected chi connectivity index (χ0v) is 10.5. The second-order valence-corrected chi connectivity index (χ2v) is 3.72. The van der Waals surface area contributed by atoms with Crippen molar-refractivity contribution in [1.82, 2.24) is 0 Å². The van der Waals surface area contributed by atoms with Gasteiger partial charge in [0.25, 0.3) is 0 Å². The first-order valence-electron chi connectivity index (χ1n) is 5.32. The van der Waals surface area contributed by atoms with Gasteiger partial charge in [-0.1, -0.05) is 30.3 Å². The van der Waals surface area contributed by atoms with Crippen LogP contribution >= 0.6 is 12.4 Å². The van der Waals surface area contributed by atoms with Gasteiger partial charge in [0.05, 0.1) is 0 Å². The Morgan fingerprint density at radius 2 is 1.82 bits per heavy atom. The molecule has 0 radical (unpaired) electrons. The van der Waals surface area contributed by atoms with Crippen LogP contribution in [0.4, 0.5) is 0 Å². The van der Waals surface area contributed by atoms with Gasteiger partial charge in [-0.25, -0.2) is 0 Å². The Morgan fingerprint density at radius 3 is 2.53 bits per heavy atom. The van der Waals surface area contributed by atoms with Crippen LogP contribution in [0.25, 0.3) is 0 Å². The SMILES string of the molecule is Cc1ccccc1Oc1cccc(CN)c1.Cl. The number of benzene rings is 2. The third-order valence-corrected chi connectivity index (χ3v) is 2.46. The van der Waals surface area contributed by atoms with E-state index in [1.165, 1.54) is 0 Å². The van der Waals surface area contributed by atoms with E-state index in [4.69, 9.17) is 10.5 Å². The first-order valence-corrected chi connectivity index (χ1v) is 5.32. The summed E-state index contributed by atoms with van der Waals surface area (Å²) in [6.45, 7) is 2.56. The maximum Gasteiger partial charge on any atom is 0.130 e. The van der Waals surface area contributed by atoms with Crippen molar-refractivity contribution < 1.29 is 4.74 Å². The average molecular weight is 250 g/mol. The summed E-state index contributed by atoms with van der Waals surface area (Å²) in [6, 6.07) is 15.8. The monoisotopic (exact) mass is 249 g/mol. The number of nitrogens with two attached hydrogens (primary N) is 1. The molecule has 0 amide bonds. The number of ether oxygens (including phenoxy) is 1. The van der Waals surface area contributed by atoms with E-state index in [1.807, 2.05) is 55.5 Å². The highest BCUT2D eigenvalue weighted by Gasteiger charge is 2.00. The van der Waals surface area contributed by atoms with Gasteiger partial charge in [-0.2, -0.15) is 0 Å². The molecule has 0 saturated heterocycles. The van der Waals surface area contributed by atoms with Crippen molar-refractivity contribution in [1.29, 1.82) is 0 Å². The molecule has 2 rings (SSSR count). The van der Waals surface area contributed by atoms with Gasteiger partial charge < -0.3 is 10.5 Å². The fraction of sp³-hybridized carbons (Fsp3) is 0.143. The fourth-order valence-electron chi connectivity index (χ4n) is 1.53. The van der Waals surface area contributed by atoms with E-state index in [0.717, 1.165) is 22.6 Å². The highest BCUT2D eigenvalue weighted by atomic mass is 35.5. The van der Waals surface area contributed by atoms with Crippen LogP contribution in [-0.4, -0.2) is 0 Å². The molecule has 0 aliphatic heterocycles. The molecular formula is C14H16ClNO. The summed E-state index contributed by atoms with van der Waals surface area (Å²) in [5, 5.41) is 0. The number of halogens is 1. The van der Waals surface area contributed by atoms with Crippen LogP contribution in [0.1, 0.15) is 11.1 Å². The molecule has 0 unspecified atom stereocenters. The summed E-state index contributed by atoms with van der Waals surface area (Å²) >= 11 is 0. The fourth-order valence-corrected chi connectivity index (χ4v) is 1.53. The molecule has 0 bridgehead atoms. The molecule has 3 heteroatoms. The molecule has 2 nitrogen and oxygen atoms in total. The molecule has 0 aromatic heterocycles. The molecule has 0 atom stereocenters. The molecule has 0 aliphatic carbocycles. The number of hydrogen-bond acceptors (Lipinski definition) is 2. The zero-order chi connectivity index (χ0) is 11.4. The van der Waals surface area contributed by atoms with Crippen LogP contribution in [0.5, 0.6) is 11.5 Å². The van der Waals surface area contributed by atoms with E-state index in [-0.39, 0.29) is 12.4 Å². The standard InChI is InChI=1S/C14H15NO.ClH/c1-11-5-2-3-8-14(11)16-13-7-4-6-12(9-13)10-15;/h2-9H,10,15H2,1H3;1H. The largest absolute Gasteiger partial charge is 0.457 e. The topological polar surface area (TPSA) is 35.2 Å². The van der Waals surface area contributed by atoms with Gasteiger partial charge in [0, 0.05) is 6.54 Å². The van der Waals surface area contributed by atoms with E-state index >= 15 is 0 Å². The second-order valence-electron chi connectivity index (χ2n) is 3.72. The number of aryl methyl sites for hydroxylation is 1. The van der Waals surface area contributed by atoms with Crippen molar-refractivity contribution in [3.8, 4) is 11.5 Å². The molecule has 0 heterocycles. The first-order chi connectivity index (χ1) is 7.79. The molecular weight excluding hydrogens is 234 g/mol. The van der Waals surface area contributed by atoms with Gasteiger partial charge in [-0.3, -0.25) is 0 Å². The average Bonchev–Trinajstić information content (AvgIpc) is 2.32. The van der Waals surface area contributed by atoms with E-state index in [9.17, 15) is 0 Å². The second kappa shape index (κ2) is 6.28. The minimum atomic E-state index is 0. The summed E-state index contributed by atoms with van der Waals surface area (Å²) in [4.78, 5) is 0. The Balaban J connectivity index is 0.00000144. The number of rotatable bonds is 3. The summed E-state index contributed by atoms with van der Waals surface area (Å²) in [5.74, 6) is 1.72. The summed E-state index contributed by atoms with van der Waals surface area (Å²) in [5.41, 5.74) is 7.79. The summed E-state index contributed by atoms with van der Waals surface area (Å²) < 4.78 is 5.80. The predicted octanol–water partition coefficient (Wildman–Crippen LogP) is 3.67. The third-order valence-electron chi connectivity index (χ3n) is 2.46. The molecule has 2 aromatic carbocycles. The highest BCUT2D eigenvalue weighted by Crippen LogP contribution is 2.24. The van der Waals surface area contributed by atoms with Gasteiger partial charge >= 0.3 is 0 Å². The Morgan fingerprint density at radius 1 is 1.06 bits per heavy atom. The van der Waals surface area contributed by atoms with Crippen molar-refractivity contribution in [3.05, 3.63) is 59.7 Å². The van der Waals surface area contributed by atoms with Crippen molar-refractivity contribution in [2.24, 2.45) is 5.73 Å². The van der Waals surface area contributed by atoms with Crippen LogP contribution in [0, 0.1) is 6.92 Å². The predicted molar refractivity (Wildman–Crippen MR) is 72.8 cm³/mol. The van der Waals surface area contributed by atoms with Crippen molar-refractivity contribution in [3.63, 3.8) is 0 Å². The van der Waals surface area contributed by atoms with E-state index in [2.05, 4.69) is 0 Å². The molecule has 17 heavy (non-hydrogen) atoms. The Bertz CT molecular complexity index is 485. The van der Waals surface area contributed by atoms with Gasteiger partial charge in [-0.05, 0) is 36.2 Å². The minimum Gasteiger partial charge on any atom is -0.457 e. The normalized spacial score (nSPS) is 9.53. The van der Waals surface area contributed by atoms with Gasteiger partial charge in [0.15, 0.2) is 0 Å². The quantitative estimate of drug-likeness (QED) is 0.901. The Kier molecular flexibility index (Phi) is 5.01. The van der Waals surface area contributed by atoms with Crippen LogP contribution < -0.4 is 10.5 Å². The molecule has 2 N–H and O–H groups in total. The Labute approximate surface area is 108 Å². The molecule has 0 saturated carbocycles. The maximum absolute atomic E-state index is 5.80. The third kappa shape index (κ3) is 3.48. The number of para-hydroxylation sites is 1. The van der Waals surface area contributed by atoms with Crippen LogP contribution in [-0.2, 0) is 6.54 Å². The van der Waals surface area contributed by atoms with Crippen molar-refractivity contribution >= 4 is 12.4 Å². The maximum atomic E-state index is 5.80. The van der Waals surface area contributed by atoms with Gasteiger partial charge in [0.1, 0.15) is 11.5 Å². The van der Waals surface area contributed by atoms with Gasteiger partial charge in [0.2, 0.25) is 0 Å².